The van der Waals surface area contributed by atoms with E-state index in [1.54, 1.807) is 18.5 Å². The fourth-order valence-corrected chi connectivity index (χ4v) is 12.9. The second-order valence-corrected chi connectivity index (χ2v) is 18.3. The van der Waals surface area contributed by atoms with Gasteiger partial charge in [0.15, 0.2) is 0 Å². The van der Waals surface area contributed by atoms with Gasteiger partial charge >= 0.3 is 0 Å². The van der Waals surface area contributed by atoms with Crippen molar-refractivity contribution in [3.63, 3.8) is 0 Å². The Kier molecular flexibility index (Phi) is 35.0. The topological polar surface area (TPSA) is 0 Å². The highest BCUT2D eigenvalue weighted by atomic mass is 79.9. The fraction of sp³-hybridized carbons (Fsp3) is 1.00. The minimum Gasteiger partial charge on any atom is -1.00 e. The lowest BCUT2D eigenvalue weighted by Gasteiger charge is -2.33. The molecule has 0 bridgehead atoms. The Labute approximate surface area is 256 Å². The monoisotopic (exact) mass is 668 g/mol. The third-order valence-electron chi connectivity index (χ3n) is 8.51. The lowest BCUT2D eigenvalue weighted by Crippen LogP contribution is -3.00. The maximum Gasteiger partial charge on any atom is 0.123 e. The Hall–Kier alpha value is 1.39. The Morgan fingerprint density at radius 3 is 0.919 bits per heavy atom. The summed E-state index contributed by atoms with van der Waals surface area (Å²) in [4.78, 5) is 0. The van der Waals surface area contributed by atoms with E-state index < -0.39 is 7.26 Å². The Morgan fingerprint density at radius 1 is 0.378 bits per heavy atom. The van der Waals surface area contributed by atoms with E-state index >= 15 is 0 Å². The zero-order valence-corrected chi connectivity index (χ0v) is 30.4. The molecule has 0 aromatic rings. The number of hydrogen-bond donors (Lipinski definition) is 0. The highest BCUT2D eigenvalue weighted by Gasteiger charge is 2.42. The predicted octanol–water partition coefficient (Wildman–Crippen LogP) is 11.0. The van der Waals surface area contributed by atoms with Gasteiger partial charge in [-0.2, -0.15) is 0 Å². The molecule has 0 aliphatic carbocycles. The van der Waals surface area contributed by atoms with Gasteiger partial charge in [0.05, 0.1) is 18.5 Å². The largest absolute Gasteiger partial charge is 1.00 e. The van der Waals surface area contributed by atoms with Crippen LogP contribution < -0.4 is 17.0 Å². The summed E-state index contributed by atoms with van der Waals surface area (Å²) in [5, 5.41) is 0. The van der Waals surface area contributed by atoms with Crippen molar-refractivity contribution >= 4 is 23.2 Å². The van der Waals surface area contributed by atoms with E-state index in [1.807, 2.05) is 0 Å². The van der Waals surface area contributed by atoms with E-state index in [-0.39, 0.29) is 17.0 Å². The minimum atomic E-state index is -0.904. The average Bonchev–Trinajstić information content (AvgIpc) is 2.89. The van der Waals surface area contributed by atoms with E-state index in [1.165, 1.54) is 167 Å². The van der Waals surface area contributed by atoms with E-state index in [9.17, 15) is 0 Å². The van der Waals surface area contributed by atoms with Crippen molar-refractivity contribution in [2.24, 2.45) is 0 Å². The van der Waals surface area contributed by atoms with Crippen LogP contribution in [0, 0.1) is 0 Å². The van der Waals surface area contributed by atoms with Crippen LogP contribution in [0.15, 0.2) is 0 Å². The van der Waals surface area contributed by atoms with Crippen molar-refractivity contribution in [1.82, 2.24) is 0 Å². The highest BCUT2D eigenvalue weighted by Crippen LogP contribution is 2.68. The molecule has 0 rings (SSSR count). The maximum atomic E-state index is 4.43. The van der Waals surface area contributed by atoms with Crippen LogP contribution in [-0.2, 0) is 0 Å². The van der Waals surface area contributed by atoms with Crippen LogP contribution in [0.4, 0.5) is 0 Å². The van der Waals surface area contributed by atoms with Gasteiger partial charge in [-0.15, -0.1) is 0 Å². The molecule has 0 aromatic heterocycles. The molecule has 0 saturated heterocycles. The van der Waals surface area contributed by atoms with Gasteiger partial charge in [-0.25, -0.2) is 0 Å². The van der Waals surface area contributed by atoms with Crippen LogP contribution in [0.25, 0.3) is 0 Å². The molecular weight excluding hydrogens is 599 g/mol. The summed E-state index contributed by atoms with van der Waals surface area (Å²) in [6, 6.07) is 0. The Bertz CT molecular complexity index is 374. The van der Waals surface area contributed by atoms with Gasteiger partial charge in [0.25, 0.3) is 0 Å². The van der Waals surface area contributed by atoms with Crippen molar-refractivity contribution in [3.05, 3.63) is 0 Å². The molecule has 0 aliphatic rings. The van der Waals surface area contributed by atoms with Crippen molar-refractivity contribution in [2.75, 3.05) is 18.5 Å². The summed E-state index contributed by atoms with van der Waals surface area (Å²) < 4.78 is 0.850. The summed E-state index contributed by atoms with van der Waals surface area (Å²) >= 11 is 4.43. The Morgan fingerprint density at radius 2 is 0.622 bits per heavy atom. The number of alkyl halides is 1. The van der Waals surface area contributed by atoms with E-state index in [4.69, 9.17) is 0 Å². The van der Waals surface area contributed by atoms with Crippen molar-refractivity contribution in [3.8, 4) is 0 Å². The first kappa shape index (κ1) is 40.5. The van der Waals surface area contributed by atoms with E-state index in [0.717, 1.165) is 4.57 Å². The molecule has 0 spiro atoms. The first-order chi connectivity index (χ1) is 17.7. The molecule has 37 heavy (non-hydrogen) atoms. The summed E-state index contributed by atoms with van der Waals surface area (Å²) in [6.45, 7) is 9.36. The first-order valence-corrected chi connectivity index (χ1v) is 20.5. The van der Waals surface area contributed by atoms with Crippen LogP contribution in [0.5, 0.6) is 0 Å². The number of unbranched alkanes of at least 4 members (excludes halogenated alkanes) is 21. The van der Waals surface area contributed by atoms with E-state index in [2.05, 4.69) is 43.6 Å². The second kappa shape index (κ2) is 31.9. The fourth-order valence-electron chi connectivity index (χ4n) is 5.92. The molecular formula is C34H71Br2P. The summed E-state index contributed by atoms with van der Waals surface area (Å²) in [6.07, 6.45) is 42.7. The molecule has 0 aliphatic heterocycles. The third-order valence-corrected chi connectivity index (χ3v) is 16.6. The molecule has 3 heteroatoms. The quantitative estimate of drug-likeness (QED) is 0.0405. The van der Waals surface area contributed by atoms with Crippen molar-refractivity contribution in [1.29, 1.82) is 0 Å². The van der Waals surface area contributed by atoms with E-state index in [0.29, 0.717) is 0 Å². The maximum absolute atomic E-state index is 4.43. The standard InChI is InChI=1S/C34H71BrP.BrH/c1-5-9-13-17-21-22-26-30-34(35)36(31-27-23-18-14-10-6-2,32-28-24-19-15-11-7-3)33-29-25-20-16-12-8-4;/h34H,5-33H2,1-4H3;1H/q+1;/p-1. The molecule has 1 atom stereocenters. The molecule has 0 fully saturated rings. The van der Waals surface area contributed by atoms with Gasteiger partial charge in [-0.3, -0.25) is 0 Å². The zero-order chi connectivity index (χ0) is 26.6. The molecule has 0 radical (unpaired) electrons. The summed E-state index contributed by atoms with van der Waals surface area (Å²) in [7, 11) is -0.904. The normalized spacial score (nSPS) is 12.6. The van der Waals surface area contributed by atoms with Crippen molar-refractivity contribution in [2.45, 2.75) is 199 Å². The lowest BCUT2D eigenvalue weighted by molar-refractivity contribution is -0.00000805. The summed E-state index contributed by atoms with van der Waals surface area (Å²) in [5.74, 6) is 0. The molecule has 226 valence electrons. The van der Waals surface area contributed by atoms with Gasteiger partial charge in [-0.1, -0.05) is 143 Å². The lowest BCUT2D eigenvalue weighted by atomic mass is 10.1. The number of rotatable bonds is 30. The first-order valence-electron chi connectivity index (χ1n) is 17.2. The van der Waals surface area contributed by atoms with Crippen LogP contribution in [0.3, 0.4) is 0 Å². The predicted molar refractivity (Wildman–Crippen MR) is 177 cm³/mol. The minimum absolute atomic E-state index is 0. The van der Waals surface area contributed by atoms with Crippen LogP contribution in [0.2, 0.25) is 0 Å². The molecule has 1 unspecified atom stereocenters. The Balaban J connectivity index is 0. The van der Waals surface area contributed by atoms with Gasteiger partial charge in [-0.05, 0) is 67.3 Å². The van der Waals surface area contributed by atoms with Gasteiger partial charge < -0.3 is 17.0 Å². The molecule has 0 nitrogen and oxygen atoms in total. The smallest absolute Gasteiger partial charge is 0.123 e. The van der Waals surface area contributed by atoms with Gasteiger partial charge in [0, 0.05) is 7.26 Å². The summed E-state index contributed by atoms with van der Waals surface area (Å²) in [5.41, 5.74) is 0. The van der Waals surface area contributed by atoms with Crippen molar-refractivity contribution < 1.29 is 17.0 Å². The SMILES string of the molecule is CCCCCCCCCC(Br)[P+](CCCCCCCC)(CCCCCCCC)CCCCCCCC.[Br-]. The number of hydrogen-bond acceptors (Lipinski definition) is 0. The molecule has 0 aromatic carbocycles. The second-order valence-electron chi connectivity index (χ2n) is 12.0. The zero-order valence-electron chi connectivity index (χ0n) is 26.3. The number of halogens is 2. The molecule has 0 heterocycles. The third kappa shape index (κ3) is 24.9. The highest BCUT2D eigenvalue weighted by molar-refractivity contribution is 9.11. The molecule has 0 saturated carbocycles. The van der Waals surface area contributed by atoms with Gasteiger partial charge in [0.1, 0.15) is 4.57 Å². The molecule has 0 amide bonds. The van der Waals surface area contributed by atoms with Crippen LogP contribution >= 0.6 is 23.2 Å². The van der Waals surface area contributed by atoms with Crippen LogP contribution in [-0.4, -0.2) is 23.1 Å². The average molecular weight is 671 g/mol. The van der Waals surface area contributed by atoms with Crippen LogP contribution in [0.1, 0.15) is 195 Å². The van der Waals surface area contributed by atoms with Gasteiger partial charge in [0.2, 0.25) is 0 Å². The molecule has 0 N–H and O–H groups in total.